The van der Waals surface area contributed by atoms with Gasteiger partial charge in [0.25, 0.3) is 5.91 Å². The number of methoxy groups -OCH3 is 1. The molecule has 146 valence electrons. The maximum absolute atomic E-state index is 13.1. The van der Waals surface area contributed by atoms with Crippen molar-refractivity contribution in [3.63, 3.8) is 0 Å². The van der Waals surface area contributed by atoms with Gasteiger partial charge in [0, 0.05) is 38.3 Å². The topological polar surface area (TPSA) is 50.8 Å². The van der Waals surface area contributed by atoms with Gasteiger partial charge in [0.05, 0.1) is 6.61 Å². The third-order valence-electron chi connectivity index (χ3n) is 4.95. The number of carbonyl (C=O) groups excluding carboxylic acids is 1. The van der Waals surface area contributed by atoms with Crippen molar-refractivity contribution in [1.29, 1.82) is 0 Å². The molecule has 1 aromatic carbocycles. The van der Waals surface area contributed by atoms with Crippen LogP contribution in [-0.2, 0) is 11.2 Å². The predicted octanol–water partition coefficient (Wildman–Crippen LogP) is 3.12. The largest absolute Gasteiger partial charge is 0.493 e. The van der Waals surface area contributed by atoms with Crippen LogP contribution in [0.4, 0.5) is 0 Å². The van der Waals surface area contributed by atoms with Gasteiger partial charge < -0.3 is 19.7 Å². The molecule has 0 unspecified atom stereocenters. The molecule has 0 saturated carbocycles. The van der Waals surface area contributed by atoms with Crippen LogP contribution in [0, 0.1) is 5.92 Å². The molecule has 1 amide bonds. The number of hydrogen-bond donors (Lipinski definition) is 1. The van der Waals surface area contributed by atoms with Crippen molar-refractivity contribution in [3.05, 3.63) is 29.3 Å². The Morgan fingerprint density at radius 1 is 1.35 bits per heavy atom. The Bertz CT molecular complexity index is 568. The van der Waals surface area contributed by atoms with Gasteiger partial charge in [-0.15, -0.1) is 0 Å². The molecule has 5 nitrogen and oxygen atoms in total. The van der Waals surface area contributed by atoms with Crippen molar-refractivity contribution >= 4 is 5.91 Å². The Labute approximate surface area is 158 Å². The minimum atomic E-state index is 0.0938. The molecule has 0 radical (unpaired) electrons. The monoisotopic (exact) mass is 362 g/mol. The van der Waals surface area contributed by atoms with Crippen LogP contribution in [0.3, 0.4) is 0 Å². The van der Waals surface area contributed by atoms with Gasteiger partial charge in [0.2, 0.25) is 0 Å². The zero-order valence-corrected chi connectivity index (χ0v) is 16.7. The lowest BCUT2D eigenvalue weighted by Crippen LogP contribution is -2.41. The fourth-order valence-electron chi connectivity index (χ4n) is 3.34. The van der Waals surface area contributed by atoms with Crippen molar-refractivity contribution in [2.24, 2.45) is 5.92 Å². The normalized spacial score (nSPS) is 16.9. The lowest BCUT2D eigenvalue weighted by molar-refractivity contribution is 0.0676. The predicted molar refractivity (Wildman–Crippen MR) is 105 cm³/mol. The van der Waals surface area contributed by atoms with Gasteiger partial charge in [-0.1, -0.05) is 13.0 Å². The van der Waals surface area contributed by atoms with Crippen LogP contribution in [0.1, 0.15) is 49.5 Å². The maximum Gasteiger partial charge on any atom is 0.254 e. The van der Waals surface area contributed by atoms with Crippen LogP contribution < -0.4 is 10.1 Å². The molecule has 1 atom stereocenters. The molecule has 2 rings (SSSR count). The Balaban J connectivity index is 2.11. The smallest absolute Gasteiger partial charge is 0.254 e. The highest BCUT2D eigenvalue weighted by molar-refractivity contribution is 5.95. The number of amides is 1. The number of rotatable bonds is 10. The molecular formula is C21H34N2O3. The van der Waals surface area contributed by atoms with Crippen LogP contribution >= 0.6 is 0 Å². The van der Waals surface area contributed by atoms with E-state index in [9.17, 15) is 4.79 Å². The molecule has 0 aliphatic carbocycles. The van der Waals surface area contributed by atoms with E-state index in [0.717, 1.165) is 50.2 Å². The summed E-state index contributed by atoms with van der Waals surface area (Å²) in [5.41, 5.74) is 1.85. The molecule has 1 heterocycles. The van der Waals surface area contributed by atoms with Crippen LogP contribution in [0.5, 0.6) is 5.75 Å². The summed E-state index contributed by atoms with van der Waals surface area (Å²) < 4.78 is 11.0. The van der Waals surface area contributed by atoms with Crippen LogP contribution in [0.25, 0.3) is 0 Å². The zero-order valence-electron chi connectivity index (χ0n) is 16.7. The van der Waals surface area contributed by atoms with Crippen molar-refractivity contribution in [2.75, 3.05) is 40.0 Å². The summed E-state index contributed by atoms with van der Waals surface area (Å²) >= 11 is 0. The van der Waals surface area contributed by atoms with E-state index in [1.54, 1.807) is 7.11 Å². The first-order valence-corrected chi connectivity index (χ1v) is 9.83. The van der Waals surface area contributed by atoms with E-state index in [2.05, 4.69) is 26.1 Å². The summed E-state index contributed by atoms with van der Waals surface area (Å²) in [7, 11) is 1.69. The maximum atomic E-state index is 13.1. The lowest BCUT2D eigenvalue weighted by Gasteiger charge is -2.29. The molecular weight excluding hydrogens is 328 g/mol. The molecule has 1 aliphatic rings. The Hall–Kier alpha value is -1.59. The van der Waals surface area contributed by atoms with Crippen LogP contribution in [-0.4, -0.2) is 56.8 Å². The Morgan fingerprint density at radius 2 is 2.15 bits per heavy atom. The van der Waals surface area contributed by atoms with E-state index in [0.29, 0.717) is 24.7 Å². The average molecular weight is 363 g/mol. The number of carbonyl (C=O) groups is 1. The van der Waals surface area contributed by atoms with Crippen molar-refractivity contribution in [3.8, 4) is 5.75 Å². The first-order valence-electron chi connectivity index (χ1n) is 9.83. The van der Waals surface area contributed by atoms with Crippen molar-refractivity contribution < 1.29 is 14.3 Å². The highest BCUT2D eigenvalue weighted by Gasteiger charge is 2.25. The molecule has 1 N–H and O–H groups in total. The van der Waals surface area contributed by atoms with Gasteiger partial charge in [-0.3, -0.25) is 4.79 Å². The lowest BCUT2D eigenvalue weighted by atomic mass is 10.0. The van der Waals surface area contributed by atoms with E-state index in [4.69, 9.17) is 9.47 Å². The number of nitrogens with one attached hydrogen (secondary N) is 1. The Kier molecular flexibility index (Phi) is 8.39. The van der Waals surface area contributed by atoms with Gasteiger partial charge in [0.15, 0.2) is 0 Å². The summed E-state index contributed by atoms with van der Waals surface area (Å²) in [6, 6.07) is 6.05. The highest BCUT2D eigenvalue weighted by Crippen LogP contribution is 2.24. The SMILES string of the molecule is CCc1ccc(C(=O)N(C[C@@H]2CCNC2)C(C)C)cc1OCCCOC. The first kappa shape index (κ1) is 20.7. The van der Waals surface area contributed by atoms with E-state index in [1.165, 1.54) is 0 Å². The van der Waals surface area contributed by atoms with E-state index < -0.39 is 0 Å². The van der Waals surface area contributed by atoms with E-state index in [1.807, 2.05) is 23.1 Å². The summed E-state index contributed by atoms with van der Waals surface area (Å²) in [6.45, 7) is 10.4. The molecule has 1 aliphatic heterocycles. The summed E-state index contributed by atoms with van der Waals surface area (Å²) in [5, 5.41) is 3.38. The fraction of sp³-hybridized carbons (Fsp3) is 0.667. The van der Waals surface area contributed by atoms with Gasteiger partial charge in [-0.2, -0.15) is 0 Å². The molecule has 5 heteroatoms. The number of ether oxygens (including phenoxy) is 2. The Morgan fingerprint density at radius 3 is 2.77 bits per heavy atom. The molecule has 1 aromatic rings. The van der Waals surface area contributed by atoms with Gasteiger partial charge in [-0.05, 0) is 63.4 Å². The van der Waals surface area contributed by atoms with Crippen LogP contribution in [0.2, 0.25) is 0 Å². The fourth-order valence-corrected chi connectivity index (χ4v) is 3.34. The molecule has 1 fully saturated rings. The van der Waals surface area contributed by atoms with Crippen molar-refractivity contribution in [1.82, 2.24) is 10.2 Å². The molecule has 0 aromatic heterocycles. The van der Waals surface area contributed by atoms with Gasteiger partial charge >= 0.3 is 0 Å². The quantitative estimate of drug-likeness (QED) is 0.650. The second-order valence-electron chi connectivity index (χ2n) is 7.28. The molecule has 26 heavy (non-hydrogen) atoms. The molecule has 0 spiro atoms. The number of nitrogens with zero attached hydrogens (tertiary/aromatic N) is 1. The first-order chi connectivity index (χ1) is 12.6. The van der Waals surface area contributed by atoms with E-state index in [-0.39, 0.29) is 11.9 Å². The zero-order chi connectivity index (χ0) is 18.9. The summed E-state index contributed by atoms with van der Waals surface area (Å²) in [4.78, 5) is 15.1. The van der Waals surface area contributed by atoms with Crippen LogP contribution in [0.15, 0.2) is 18.2 Å². The second-order valence-corrected chi connectivity index (χ2v) is 7.28. The third-order valence-corrected chi connectivity index (χ3v) is 4.95. The number of benzene rings is 1. The minimum Gasteiger partial charge on any atom is -0.493 e. The molecule has 1 saturated heterocycles. The second kappa shape index (κ2) is 10.5. The standard InChI is InChI=1S/C21H34N2O3/c1-5-18-7-8-19(13-20(18)26-12-6-11-25-4)21(24)23(16(2)3)15-17-9-10-22-14-17/h7-8,13,16-17,22H,5-6,9-12,14-15H2,1-4H3/t17-/m1/s1. The number of hydrogen-bond acceptors (Lipinski definition) is 4. The van der Waals surface area contributed by atoms with Gasteiger partial charge in [0.1, 0.15) is 5.75 Å². The third kappa shape index (κ3) is 5.71. The number of aryl methyl sites for hydroxylation is 1. The van der Waals surface area contributed by atoms with Gasteiger partial charge in [-0.25, -0.2) is 0 Å². The van der Waals surface area contributed by atoms with E-state index >= 15 is 0 Å². The highest BCUT2D eigenvalue weighted by atomic mass is 16.5. The summed E-state index contributed by atoms with van der Waals surface area (Å²) in [6.07, 6.45) is 2.86. The molecule has 0 bridgehead atoms. The average Bonchev–Trinajstić information content (AvgIpc) is 3.15. The summed E-state index contributed by atoms with van der Waals surface area (Å²) in [5.74, 6) is 1.46. The minimum absolute atomic E-state index is 0.0938. The van der Waals surface area contributed by atoms with Crippen molar-refractivity contribution in [2.45, 2.75) is 46.1 Å².